The molecule has 0 atom stereocenters. The summed E-state index contributed by atoms with van der Waals surface area (Å²) in [6, 6.07) is 42.7. The number of para-hydroxylation sites is 1. The molecule has 0 unspecified atom stereocenters. The molecule has 0 spiro atoms. The average molecular weight is 1080 g/mol. The number of rotatable bonds is 9. The zero-order valence-electron chi connectivity index (χ0n) is 54.5. The number of aromatic nitrogens is 3. The van der Waals surface area contributed by atoms with Crippen LogP contribution < -0.4 is 0 Å². The third-order valence-electron chi connectivity index (χ3n) is 11.8. The number of hydrogen-bond acceptors (Lipinski definition) is 3. The van der Waals surface area contributed by atoms with Crippen LogP contribution in [-0.2, 0) is 26.5 Å². The Kier molecular flexibility index (Phi) is 8.21. The van der Waals surface area contributed by atoms with Crippen molar-refractivity contribution in [3.63, 3.8) is 0 Å². The van der Waals surface area contributed by atoms with E-state index in [9.17, 15) is 10.6 Å². The van der Waals surface area contributed by atoms with Gasteiger partial charge in [0.05, 0.1) is 31.9 Å². The summed E-state index contributed by atoms with van der Waals surface area (Å²) in [5.74, 6) is -0.688. The molecule has 10 rings (SSSR count). The molecule has 0 aliphatic carbocycles. The largest absolute Gasteiger partial charge is 0.507 e. The molecule has 0 bridgehead atoms. The second kappa shape index (κ2) is 18.9. The number of pyridine rings is 1. The van der Waals surface area contributed by atoms with Gasteiger partial charge in [-0.2, -0.15) is 0 Å². The average Bonchev–Trinajstić information content (AvgIpc) is 1.23. The summed E-state index contributed by atoms with van der Waals surface area (Å²) in [4.78, 5) is 9.85. The molecule has 4 nitrogen and oxygen atoms in total. The third-order valence-corrected chi connectivity index (χ3v) is 11.8. The van der Waals surface area contributed by atoms with E-state index in [0.717, 1.165) is 33.4 Å². The van der Waals surface area contributed by atoms with Crippen molar-refractivity contribution in [2.75, 3.05) is 0 Å². The maximum Gasteiger partial charge on any atom is 0.148 e. The minimum atomic E-state index is -3.94. The van der Waals surface area contributed by atoms with Crippen LogP contribution in [0.1, 0.15) is 85.9 Å². The number of nitrogens with zero attached hydrogens (tertiary/aromatic N) is 3. The van der Waals surface area contributed by atoms with Crippen LogP contribution in [0.25, 0.3) is 95.0 Å². The fourth-order valence-corrected chi connectivity index (χ4v) is 8.60. The summed E-state index contributed by atoms with van der Waals surface area (Å²) in [6.07, 6.45) is -0.776. The zero-order chi connectivity index (χ0) is 60.9. The summed E-state index contributed by atoms with van der Waals surface area (Å²) in [6.45, 7) is -4.40. The van der Waals surface area contributed by atoms with Gasteiger partial charge in [0.25, 0.3) is 0 Å². The molecule has 0 fully saturated rings. The van der Waals surface area contributed by atoms with E-state index in [4.69, 9.17) is 22.8 Å². The number of benzene rings is 8. The molecular formula is C63H54N3OPt-. The van der Waals surface area contributed by atoms with E-state index in [2.05, 4.69) is 17.1 Å². The van der Waals surface area contributed by atoms with Gasteiger partial charge < -0.3 is 5.11 Å². The number of fused-ring (bicyclic) bond motifs is 1. The van der Waals surface area contributed by atoms with Gasteiger partial charge in [-0.1, -0.05) is 191 Å². The van der Waals surface area contributed by atoms with Crippen molar-refractivity contribution in [3.8, 4) is 89.7 Å². The van der Waals surface area contributed by atoms with Gasteiger partial charge in [-0.15, -0.1) is 23.8 Å². The summed E-state index contributed by atoms with van der Waals surface area (Å²) >= 11 is 0. The van der Waals surface area contributed by atoms with E-state index in [1.165, 1.54) is 0 Å². The molecule has 338 valence electrons. The number of phenolic OH excluding ortho intramolecular Hbond substituents is 1. The molecule has 0 amide bonds. The molecule has 8 aromatic carbocycles. The van der Waals surface area contributed by atoms with E-state index >= 15 is 0 Å². The first-order chi connectivity index (χ1) is 39.4. The molecule has 2 aromatic heterocycles. The van der Waals surface area contributed by atoms with Crippen molar-refractivity contribution in [2.45, 2.75) is 59.6 Å². The van der Waals surface area contributed by atoms with Crippen molar-refractivity contribution in [2.24, 2.45) is 0 Å². The Labute approximate surface area is 439 Å². The Bertz CT molecular complexity index is 4190. The van der Waals surface area contributed by atoms with Gasteiger partial charge in [0, 0.05) is 52.2 Å². The minimum Gasteiger partial charge on any atom is -0.507 e. The van der Waals surface area contributed by atoms with Gasteiger partial charge in [-0.05, 0) is 111 Å². The monoisotopic (exact) mass is 1080 g/mol. The van der Waals surface area contributed by atoms with Crippen LogP contribution in [0.4, 0.5) is 0 Å². The van der Waals surface area contributed by atoms with Crippen LogP contribution in [0.3, 0.4) is 0 Å². The van der Waals surface area contributed by atoms with Gasteiger partial charge in [0.2, 0.25) is 0 Å². The van der Waals surface area contributed by atoms with Crippen molar-refractivity contribution >= 4 is 11.0 Å². The van der Waals surface area contributed by atoms with Gasteiger partial charge in [-0.25, -0.2) is 4.98 Å². The maximum absolute atomic E-state index is 12.1. The summed E-state index contributed by atoms with van der Waals surface area (Å²) in [5.41, 5.74) is 2.82. The first-order valence-corrected chi connectivity index (χ1v) is 21.7. The van der Waals surface area contributed by atoms with Crippen LogP contribution >= 0.6 is 0 Å². The number of hydrogen-bond donors (Lipinski definition) is 1. The van der Waals surface area contributed by atoms with Crippen molar-refractivity contribution < 1.29 is 49.5 Å². The molecule has 68 heavy (non-hydrogen) atoms. The molecule has 0 aliphatic rings. The smallest absolute Gasteiger partial charge is 0.148 e. The number of aromatic hydroxyl groups is 1. The van der Waals surface area contributed by atoms with E-state index in [1.807, 2.05) is 166 Å². The predicted octanol–water partition coefficient (Wildman–Crippen LogP) is 16.6. The second-order valence-corrected chi connectivity index (χ2v) is 16.8. The summed E-state index contributed by atoms with van der Waals surface area (Å²) in [5, 5.41) is 12.1. The van der Waals surface area contributed by atoms with E-state index < -0.39 is 91.0 Å². The second-order valence-electron chi connectivity index (χ2n) is 16.8. The quantitative estimate of drug-likeness (QED) is 0.147. The summed E-state index contributed by atoms with van der Waals surface area (Å²) < 4.78 is 151. The Morgan fingerprint density at radius 2 is 1.28 bits per heavy atom. The molecule has 5 heteroatoms. The van der Waals surface area contributed by atoms with Crippen LogP contribution in [0, 0.1) is 19.9 Å². The van der Waals surface area contributed by atoms with E-state index in [0.29, 0.717) is 55.9 Å². The molecule has 1 N–H and O–H groups in total. The molecule has 0 saturated carbocycles. The predicted molar refractivity (Wildman–Crippen MR) is 280 cm³/mol. The zero-order valence-corrected chi connectivity index (χ0v) is 39.7. The Morgan fingerprint density at radius 3 is 1.94 bits per heavy atom. The molecule has 2 heterocycles. The normalized spacial score (nSPS) is 15.9. The fourth-order valence-electron chi connectivity index (χ4n) is 8.60. The van der Waals surface area contributed by atoms with Crippen LogP contribution in [0.15, 0.2) is 188 Å². The van der Waals surface area contributed by atoms with Crippen molar-refractivity contribution in [1.82, 2.24) is 14.5 Å². The molecule has 10 aromatic rings. The Morgan fingerprint density at radius 1 is 0.632 bits per heavy atom. The SMILES string of the molecule is [2H]c1nc(-c2[c-]c(-c3cccc4c3nc(-c3cc(C)cc(C)c3O)n4-c3cc(-c4ccccc4)c(C([2H])(C)C)cc3-c3ccccc3)cc(-c3ccccc3)c2)c([2H])c(-c2c([2H])c([2H])c(C(C([2H])([2H])[2H])(C([2H])([2H])[2H])C([2H])([2H])[2H])c([2H])c2[2H])c1[2H].[Pt]. The van der Waals surface area contributed by atoms with Gasteiger partial charge in [-0.3, -0.25) is 9.55 Å². The number of phenols is 1. The standard InChI is InChI=1S/C63H54N3O.Pt/c1-40(2)53-38-55(46-22-15-10-16-23-46)59(39-54(53)45-20-13-9-14-21-45)66-58-25-17-24-52(60(58)65-62(66)56-33-41(3)32-42(4)61(56)67)49-34-48(43-18-11-8-12-19-43)35-50(36-49)57-37-47(30-31-64-57)44-26-28-51(29-27-44)63(5,6)7;/h8-35,37-40,67H,1-7H3;/q-1;/i5D3,6D3,7D3,26D,27D,28D,29D,30D,31D,37D,40D;. The van der Waals surface area contributed by atoms with Gasteiger partial charge in [0.1, 0.15) is 11.6 Å². The Hall–Kier alpha value is -7.13. The van der Waals surface area contributed by atoms with Crippen molar-refractivity contribution in [1.29, 1.82) is 0 Å². The molecule has 0 saturated heterocycles. The number of imidazole rings is 1. The fraction of sp³-hybridized carbons (Fsp3) is 0.143. The third kappa shape index (κ3) is 8.90. The van der Waals surface area contributed by atoms with Gasteiger partial charge >= 0.3 is 0 Å². The van der Waals surface area contributed by atoms with E-state index in [1.54, 1.807) is 6.07 Å². The molecule has 0 radical (unpaired) electrons. The van der Waals surface area contributed by atoms with Crippen LogP contribution in [0.2, 0.25) is 0 Å². The molecule has 0 aliphatic heterocycles. The molecular weight excluding hydrogens is 1010 g/mol. The maximum atomic E-state index is 12.1. The number of aryl methyl sites for hydroxylation is 2. The van der Waals surface area contributed by atoms with Crippen molar-refractivity contribution in [3.05, 3.63) is 216 Å². The van der Waals surface area contributed by atoms with E-state index in [-0.39, 0.29) is 38.1 Å². The van der Waals surface area contributed by atoms with Crippen LogP contribution in [0.5, 0.6) is 5.75 Å². The van der Waals surface area contributed by atoms with Crippen LogP contribution in [-0.4, -0.2) is 19.6 Å². The minimum absolute atomic E-state index is 0. The first kappa shape index (κ1) is 29.6. The summed E-state index contributed by atoms with van der Waals surface area (Å²) in [7, 11) is 0. The topological polar surface area (TPSA) is 50.9 Å². The van der Waals surface area contributed by atoms with Gasteiger partial charge in [0.15, 0.2) is 0 Å². The Balaban J connectivity index is 0.00000865. The first-order valence-electron chi connectivity index (χ1n) is 30.2.